The molecule has 1 N–H and O–H groups in total. The fourth-order valence-corrected chi connectivity index (χ4v) is 1.81. The predicted octanol–water partition coefficient (Wildman–Crippen LogP) is 1.74. The van der Waals surface area contributed by atoms with E-state index in [0.717, 1.165) is 5.56 Å². The van der Waals surface area contributed by atoms with Gasteiger partial charge in [0, 0.05) is 12.2 Å². The topological polar surface area (TPSA) is 59.2 Å². The molecule has 0 atom stereocenters. The summed E-state index contributed by atoms with van der Waals surface area (Å²) in [6.45, 7) is 0.112. The van der Waals surface area contributed by atoms with Gasteiger partial charge in [-0.2, -0.15) is 4.98 Å². The van der Waals surface area contributed by atoms with Crippen LogP contribution in [-0.4, -0.2) is 27.6 Å². The van der Waals surface area contributed by atoms with Gasteiger partial charge in [0.15, 0.2) is 5.82 Å². The molecule has 0 bridgehead atoms. The lowest BCUT2D eigenvalue weighted by Crippen LogP contribution is -1.90. The summed E-state index contributed by atoms with van der Waals surface area (Å²) in [5, 5.41) is 13.0. The number of benzene rings is 1. The van der Waals surface area contributed by atoms with Gasteiger partial charge in [-0.25, -0.2) is 0 Å². The van der Waals surface area contributed by atoms with E-state index < -0.39 is 0 Å². The van der Waals surface area contributed by atoms with Gasteiger partial charge in [-0.3, -0.25) is 0 Å². The minimum Gasteiger partial charge on any atom is -0.396 e. The first-order valence-corrected chi connectivity index (χ1v) is 5.97. The predicted molar refractivity (Wildman–Crippen MR) is 61.4 cm³/mol. The molecule has 0 aliphatic carbocycles. The molecule has 0 unspecified atom stereocenters. The van der Waals surface area contributed by atoms with Crippen LogP contribution in [-0.2, 0) is 6.42 Å². The number of aliphatic hydroxyl groups excluding tert-OH is 1. The summed E-state index contributed by atoms with van der Waals surface area (Å²) in [5.74, 6) is 1.25. The lowest BCUT2D eigenvalue weighted by Gasteiger charge is -1.93. The number of hydrogen-bond donors (Lipinski definition) is 1. The molecule has 5 heteroatoms. The van der Waals surface area contributed by atoms with Crippen LogP contribution in [0.5, 0.6) is 0 Å². The first-order valence-electron chi connectivity index (χ1n) is 4.98. The van der Waals surface area contributed by atoms with Crippen molar-refractivity contribution in [1.82, 2.24) is 10.1 Å². The Morgan fingerprint density at radius 3 is 2.81 bits per heavy atom. The number of aromatic nitrogens is 2. The second-order valence-electron chi connectivity index (χ2n) is 3.21. The van der Waals surface area contributed by atoms with Gasteiger partial charge in [0.1, 0.15) is 0 Å². The summed E-state index contributed by atoms with van der Waals surface area (Å²) in [6, 6.07) is 9.99. The number of hydrogen-bond acceptors (Lipinski definition) is 5. The highest BCUT2D eigenvalue weighted by Crippen LogP contribution is 2.15. The molecular formula is C11H12N2O2S. The Morgan fingerprint density at radius 1 is 1.25 bits per heavy atom. The molecule has 0 spiro atoms. The number of aliphatic hydroxyl groups is 1. The Kier molecular flexibility index (Phi) is 3.96. The Bertz CT molecular complexity index is 431. The van der Waals surface area contributed by atoms with E-state index in [4.69, 9.17) is 9.63 Å². The third-order valence-electron chi connectivity index (χ3n) is 1.97. The van der Waals surface area contributed by atoms with Crippen LogP contribution in [0.1, 0.15) is 11.4 Å². The summed E-state index contributed by atoms with van der Waals surface area (Å²) >= 11 is 1.36. The van der Waals surface area contributed by atoms with Gasteiger partial charge in [-0.1, -0.05) is 47.3 Å². The molecule has 2 aromatic rings. The lowest BCUT2D eigenvalue weighted by atomic mass is 10.1. The van der Waals surface area contributed by atoms with E-state index in [1.54, 1.807) is 0 Å². The molecule has 2 rings (SSSR count). The molecular weight excluding hydrogens is 224 g/mol. The van der Waals surface area contributed by atoms with Crippen molar-refractivity contribution >= 4 is 11.8 Å². The lowest BCUT2D eigenvalue weighted by molar-refractivity contribution is 0.318. The Balaban J connectivity index is 1.97. The molecule has 4 nitrogen and oxygen atoms in total. The van der Waals surface area contributed by atoms with Crippen molar-refractivity contribution in [2.24, 2.45) is 0 Å². The summed E-state index contributed by atoms with van der Waals surface area (Å²) in [7, 11) is 0. The van der Waals surface area contributed by atoms with E-state index in [-0.39, 0.29) is 6.61 Å². The third kappa shape index (κ3) is 3.08. The second kappa shape index (κ2) is 5.67. The van der Waals surface area contributed by atoms with Crippen molar-refractivity contribution in [2.75, 3.05) is 12.4 Å². The standard InChI is InChI=1S/C11H12N2O2S/c14-6-7-16-11-12-10(13-15-11)8-9-4-2-1-3-5-9/h1-5,14H,6-8H2. The van der Waals surface area contributed by atoms with Crippen LogP contribution in [0, 0.1) is 0 Å². The largest absolute Gasteiger partial charge is 0.396 e. The Hall–Kier alpha value is -1.33. The van der Waals surface area contributed by atoms with Gasteiger partial charge in [-0.15, -0.1) is 0 Å². The van der Waals surface area contributed by atoms with Gasteiger partial charge in [-0.05, 0) is 5.56 Å². The minimum atomic E-state index is 0.112. The molecule has 1 heterocycles. The zero-order chi connectivity index (χ0) is 11.2. The van der Waals surface area contributed by atoms with E-state index in [1.165, 1.54) is 11.8 Å². The highest BCUT2D eigenvalue weighted by Gasteiger charge is 2.06. The average molecular weight is 236 g/mol. The highest BCUT2D eigenvalue weighted by atomic mass is 32.2. The van der Waals surface area contributed by atoms with Crippen molar-refractivity contribution < 1.29 is 9.63 Å². The maximum absolute atomic E-state index is 8.66. The molecule has 84 valence electrons. The van der Waals surface area contributed by atoms with Crippen LogP contribution >= 0.6 is 11.8 Å². The Morgan fingerprint density at radius 2 is 2.06 bits per heavy atom. The van der Waals surface area contributed by atoms with Gasteiger partial charge < -0.3 is 9.63 Å². The Labute approximate surface area is 97.7 Å². The van der Waals surface area contributed by atoms with Gasteiger partial charge in [0.25, 0.3) is 5.22 Å². The van der Waals surface area contributed by atoms with Crippen molar-refractivity contribution in [3.8, 4) is 0 Å². The molecule has 0 amide bonds. The quantitative estimate of drug-likeness (QED) is 0.801. The van der Waals surface area contributed by atoms with E-state index in [0.29, 0.717) is 23.2 Å². The van der Waals surface area contributed by atoms with Crippen LogP contribution in [0.3, 0.4) is 0 Å². The number of rotatable bonds is 5. The third-order valence-corrected chi connectivity index (χ3v) is 2.77. The highest BCUT2D eigenvalue weighted by molar-refractivity contribution is 7.99. The van der Waals surface area contributed by atoms with E-state index >= 15 is 0 Å². The molecule has 1 aromatic carbocycles. The SMILES string of the molecule is OCCSc1nc(Cc2ccccc2)no1. The van der Waals surface area contributed by atoms with Crippen LogP contribution < -0.4 is 0 Å². The molecule has 0 radical (unpaired) electrons. The van der Waals surface area contributed by atoms with E-state index in [2.05, 4.69) is 10.1 Å². The second-order valence-corrected chi connectivity index (χ2v) is 4.26. The van der Waals surface area contributed by atoms with Gasteiger partial charge >= 0.3 is 0 Å². The zero-order valence-corrected chi connectivity index (χ0v) is 9.48. The van der Waals surface area contributed by atoms with Gasteiger partial charge in [0.05, 0.1) is 6.61 Å². The zero-order valence-electron chi connectivity index (χ0n) is 8.67. The van der Waals surface area contributed by atoms with Crippen molar-refractivity contribution in [2.45, 2.75) is 11.6 Å². The molecule has 1 aromatic heterocycles. The minimum absolute atomic E-state index is 0.112. The van der Waals surface area contributed by atoms with Crippen LogP contribution in [0.2, 0.25) is 0 Å². The molecule has 0 fully saturated rings. The van der Waals surface area contributed by atoms with Crippen LogP contribution in [0.15, 0.2) is 40.1 Å². The van der Waals surface area contributed by atoms with Gasteiger partial charge in [0.2, 0.25) is 0 Å². The summed E-state index contributed by atoms with van der Waals surface area (Å²) in [5.41, 5.74) is 1.15. The van der Waals surface area contributed by atoms with E-state index in [9.17, 15) is 0 Å². The first kappa shape index (κ1) is 11.2. The average Bonchev–Trinajstić information content (AvgIpc) is 2.75. The van der Waals surface area contributed by atoms with Crippen molar-refractivity contribution in [3.05, 3.63) is 41.7 Å². The monoisotopic (exact) mass is 236 g/mol. The molecule has 16 heavy (non-hydrogen) atoms. The summed E-state index contributed by atoms with van der Waals surface area (Å²) < 4.78 is 5.03. The molecule has 0 saturated heterocycles. The smallest absolute Gasteiger partial charge is 0.285 e. The van der Waals surface area contributed by atoms with Crippen molar-refractivity contribution in [1.29, 1.82) is 0 Å². The maximum atomic E-state index is 8.66. The first-order chi connectivity index (χ1) is 7.88. The molecule has 0 aliphatic heterocycles. The number of thioether (sulfide) groups is 1. The summed E-state index contributed by atoms with van der Waals surface area (Å²) in [6.07, 6.45) is 0.671. The maximum Gasteiger partial charge on any atom is 0.285 e. The van der Waals surface area contributed by atoms with Crippen molar-refractivity contribution in [3.63, 3.8) is 0 Å². The van der Waals surface area contributed by atoms with Crippen LogP contribution in [0.4, 0.5) is 0 Å². The normalized spacial score (nSPS) is 10.6. The van der Waals surface area contributed by atoms with Crippen LogP contribution in [0.25, 0.3) is 0 Å². The molecule has 0 saturated carbocycles. The fourth-order valence-electron chi connectivity index (χ4n) is 1.28. The molecule has 0 aliphatic rings. The fraction of sp³-hybridized carbons (Fsp3) is 0.273. The van der Waals surface area contributed by atoms with E-state index in [1.807, 2.05) is 30.3 Å². The summed E-state index contributed by atoms with van der Waals surface area (Å²) in [4.78, 5) is 4.22. The number of nitrogens with zero attached hydrogens (tertiary/aromatic N) is 2.